The molecule has 0 aromatic carbocycles. The molecule has 3 nitrogen and oxygen atoms in total. The summed E-state index contributed by atoms with van der Waals surface area (Å²) >= 11 is 0. The standard InChI is InChI=1S/C17H25N3/c1-13(2)19-9-6-15(7-10-19)11-16-12-20-8-4-5-14(3)17(20)18-16/h4-5,8,12-13,15H,6-7,9-11H2,1-3H3. The number of nitrogens with zero attached hydrogens (tertiary/aromatic N) is 3. The first-order valence-corrected chi connectivity index (χ1v) is 7.80. The predicted molar refractivity (Wildman–Crippen MR) is 83.1 cm³/mol. The second-order valence-corrected chi connectivity index (χ2v) is 6.43. The molecular formula is C17H25N3. The Morgan fingerprint density at radius 3 is 2.70 bits per heavy atom. The predicted octanol–water partition coefficient (Wildman–Crippen LogP) is 3.31. The first-order valence-electron chi connectivity index (χ1n) is 7.80. The van der Waals surface area contributed by atoms with E-state index in [1.54, 1.807) is 0 Å². The summed E-state index contributed by atoms with van der Waals surface area (Å²) in [6.45, 7) is 9.22. The van der Waals surface area contributed by atoms with Gasteiger partial charge in [-0.25, -0.2) is 4.98 Å². The van der Waals surface area contributed by atoms with Crippen molar-refractivity contribution in [3.05, 3.63) is 35.8 Å². The van der Waals surface area contributed by atoms with Gasteiger partial charge in [0.1, 0.15) is 5.65 Å². The van der Waals surface area contributed by atoms with Crippen molar-refractivity contribution in [3.63, 3.8) is 0 Å². The van der Waals surface area contributed by atoms with E-state index in [0.29, 0.717) is 6.04 Å². The lowest BCUT2D eigenvalue weighted by Crippen LogP contribution is -2.38. The van der Waals surface area contributed by atoms with Gasteiger partial charge < -0.3 is 9.30 Å². The molecular weight excluding hydrogens is 246 g/mol. The van der Waals surface area contributed by atoms with Crippen molar-refractivity contribution < 1.29 is 0 Å². The van der Waals surface area contributed by atoms with Gasteiger partial charge in [0.15, 0.2) is 0 Å². The summed E-state index contributed by atoms with van der Waals surface area (Å²) in [5.74, 6) is 0.801. The van der Waals surface area contributed by atoms with Gasteiger partial charge >= 0.3 is 0 Å². The highest BCUT2D eigenvalue weighted by Crippen LogP contribution is 2.23. The number of hydrogen-bond donors (Lipinski definition) is 0. The Hall–Kier alpha value is -1.35. The van der Waals surface area contributed by atoms with Crippen molar-refractivity contribution in [1.82, 2.24) is 14.3 Å². The molecule has 0 radical (unpaired) electrons. The quantitative estimate of drug-likeness (QED) is 0.854. The number of pyridine rings is 1. The van der Waals surface area contributed by atoms with E-state index in [1.165, 1.54) is 37.2 Å². The number of piperidine rings is 1. The molecule has 3 rings (SSSR count). The molecule has 20 heavy (non-hydrogen) atoms. The van der Waals surface area contributed by atoms with Crippen LogP contribution in [-0.2, 0) is 6.42 Å². The second-order valence-electron chi connectivity index (χ2n) is 6.43. The van der Waals surface area contributed by atoms with Crippen LogP contribution in [0.5, 0.6) is 0 Å². The molecule has 2 aromatic rings. The Morgan fingerprint density at radius 1 is 1.30 bits per heavy atom. The fourth-order valence-electron chi connectivity index (χ4n) is 3.27. The van der Waals surface area contributed by atoms with Crippen LogP contribution in [0.25, 0.3) is 5.65 Å². The molecule has 1 aliphatic heterocycles. The largest absolute Gasteiger partial charge is 0.307 e. The monoisotopic (exact) mass is 271 g/mol. The molecule has 0 unspecified atom stereocenters. The third-order valence-corrected chi connectivity index (χ3v) is 4.61. The maximum Gasteiger partial charge on any atom is 0.139 e. The van der Waals surface area contributed by atoms with Crippen molar-refractivity contribution >= 4 is 5.65 Å². The van der Waals surface area contributed by atoms with Gasteiger partial charge in [-0.3, -0.25) is 0 Å². The van der Waals surface area contributed by atoms with Gasteiger partial charge in [0.05, 0.1) is 5.69 Å². The van der Waals surface area contributed by atoms with Crippen LogP contribution in [0.15, 0.2) is 24.5 Å². The molecule has 0 amide bonds. The van der Waals surface area contributed by atoms with Crippen LogP contribution in [-0.4, -0.2) is 33.4 Å². The summed E-state index contributed by atoms with van der Waals surface area (Å²) in [5.41, 5.74) is 3.62. The van der Waals surface area contributed by atoms with E-state index in [2.05, 4.69) is 54.6 Å². The molecule has 0 bridgehead atoms. The fraction of sp³-hybridized carbons (Fsp3) is 0.588. The molecule has 1 fully saturated rings. The van der Waals surface area contributed by atoms with E-state index < -0.39 is 0 Å². The van der Waals surface area contributed by atoms with Crippen LogP contribution in [0, 0.1) is 12.8 Å². The van der Waals surface area contributed by atoms with Crippen molar-refractivity contribution in [2.24, 2.45) is 5.92 Å². The first kappa shape index (κ1) is 13.6. The molecule has 0 aliphatic carbocycles. The van der Waals surface area contributed by atoms with Crippen LogP contribution in [0.3, 0.4) is 0 Å². The van der Waals surface area contributed by atoms with E-state index in [4.69, 9.17) is 4.98 Å². The average Bonchev–Trinajstić information content (AvgIpc) is 2.83. The topological polar surface area (TPSA) is 20.5 Å². The zero-order chi connectivity index (χ0) is 14.1. The Labute approximate surface area is 121 Å². The average molecular weight is 271 g/mol. The van der Waals surface area contributed by atoms with Crippen LogP contribution in [0.1, 0.15) is 37.9 Å². The molecule has 0 spiro atoms. The summed E-state index contributed by atoms with van der Waals surface area (Å²) < 4.78 is 2.16. The highest BCUT2D eigenvalue weighted by Gasteiger charge is 2.21. The first-order chi connectivity index (χ1) is 9.63. The number of aryl methyl sites for hydroxylation is 1. The molecule has 3 heteroatoms. The SMILES string of the molecule is Cc1cccn2cc(CC3CCN(C(C)C)CC3)nc12. The summed E-state index contributed by atoms with van der Waals surface area (Å²) in [7, 11) is 0. The van der Waals surface area contributed by atoms with Crippen molar-refractivity contribution in [3.8, 4) is 0 Å². The number of aromatic nitrogens is 2. The van der Waals surface area contributed by atoms with Crippen LogP contribution >= 0.6 is 0 Å². The van der Waals surface area contributed by atoms with Gasteiger partial charge in [0.25, 0.3) is 0 Å². The summed E-state index contributed by atoms with van der Waals surface area (Å²) in [6.07, 6.45) is 8.06. The fourth-order valence-corrected chi connectivity index (χ4v) is 3.27. The van der Waals surface area contributed by atoms with Crippen molar-refractivity contribution in [2.75, 3.05) is 13.1 Å². The number of hydrogen-bond acceptors (Lipinski definition) is 2. The van der Waals surface area contributed by atoms with E-state index in [-0.39, 0.29) is 0 Å². The number of rotatable bonds is 3. The summed E-state index contributed by atoms with van der Waals surface area (Å²) in [4.78, 5) is 7.40. The Balaban J connectivity index is 1.67. The maximum absolute atomic E-state index is 4.81. The molecule has 108 valence electrons. The minimum atomic E-state index is 0.689. The normalized spacial score (nSPS) is 18.2. The number of likely N-dealkylation sites (tertiary alicyclic amines) is 1. The van der Waals surface area contributed by atoms with E-state index in [1.807, 2.05) is 0 Å². The van der Waals surface area contributed by atoms with Gasteiger partial charge in [0, 0.05) is 18.4 Å². The Morgan fingerprint density at radius 2 is 2.05 bits per heavy atom. The van der Waals surface area contributed by atoms with E-state index in [9.17, 15) is 0 Å². The molecule has 0 saturated carbocycles. The minimum absolute atomic E-state index is 0.689. The highest BCUT2D eigenvalue weighted by molar-refractivity contribution is 5.47. The molecule has 1 aliphatic rings. The van der Waals surface area contributed by atoms with Gasteiger partial charge in [-0.15, -0.1) is 0 Å². The zero-order valence-electron chi connectivity index (χ0n) is 12.8. The molecule has 0 atom stereocenters. The molecule has 1 saturated heterocycles. The van der Waals surface area contributed by atoms with Crippen LogP contribution < -0.4 is 0 Å². The van der Waals surface area contributed by atoms with Crippen molar-refractivity contribution in [1.29, 1.82) is 0 Å². The number of fused-ring (bicyclic) bond motifs is 1. The molecule has 2 aromatic heterocycles. The maximum atomic E-state index is 4.81. The van der Waals surface area contributed by atoms with Gasteiger partial charge in [-0.05, 0) is 70.7 Å². The lowest BCUT2D eigenvalue weighted by molar-refractivity contribution is 0.149. The van der Waals surface area contributed by atoms with Crippen molar-refractivity contribution in [2.45, 2.75) is 46.1 Å². The molecule has 3 heterocycles. The minimum Gasteiger partial charge on any atom is -0.307 e. The smallest absolute Gasteiger partial charge is 0.139 e. The highest BCUT2D eigenvalue weighted by atomic mass is 15.1. The van der Waals surface area contributed by atoms with Crippen LogP contribution in [0.4, 0.5) is 0 Å². The third kappa shape index (κ3) is 2.73. The number of imidazole rings is 1. The van der Waals surface area contributed by atoms with Gasteiger partial charge in [-0.2, -0.15) is 0 Å². The Kier molecular flexibility index (Phi) is 3.79. The lowest BCUT2D eigenvalue weighted by Gasteiger charge is -2.34. The van der Waals surface area contributed by atoms with Gasteiger partial charge in [0.2, 0.25) is 0 Å². The van der Waals surface area contributed by atoms with E-state index >= 15 is 0 Å². The third-order valence-electron chi connectivity index (χ3n) is 4.61. The Bertz CT molecular complexity index is 577. The lowest BCUT2D eigenvalue weighted by atomic mass is 9.92. The van der Waals surface area contributed by atoms with Gasteiger partial charge in [-0.1, -0.05) is 6.07 Å². The summed E-state index contributed by atoms with van der Waals surface area (Å²) in [6, 6.07) is 4.91. The van der Waals surface area contributed by atoms with Crippen LogP contribution in [0.2, 0.25) is 0 Å². The second kappa shape index (κ2) is 5.57. The summed E-state index contributed by atoms with van der Waals surface area (Å²) in [5, 5.41) is 0. The molecule has 0 N–H and O–H groups in total. The van der Waals surface area contributed by atoms with E-state index in [0.717, 1.165) is 18.0 Å². The zero-order valence-corrected chi connectivity index (χ0v) is 12.8.